The lowest BCUT2D eigenvalue weighted by Gasteiger charge is -2.44. The second kappa shape index (κ2) is 11.2. The number of rotatable bonds is 10. The molecular formula is C27H37N5O5. The molecule has 1 atom stereocenters. The second-order valence-corrected chi connectivity index (χ2v) is 9.86. The van der Waals surface area contributed by atoms with Crippen LogP contribution in [0.2, 0.25) is 0 Å². The quantitative estimate of drug-likeness (QED) is 0.507. The summed E-state index contributed by atoms with van der Waals surface area (Å²) in [6.07, 6.45) is 6.30. The Morgan fingerprint density at radius 1 is 1.19 bits per heavy atom. The maximum absolute atomic E-state index is 13.7. The van der Waals surface area contributed by atoms with Crippen molar-refractivity contribution in [1.82, 2.24) is 25.1 Å². The van der Waals surface area contributed by atoms with Crippen LogP contribution >= 0.6 is 0 Å². The van der Waals surface area contributed by atoms with Gasteiger partial charge in [0.2, 0.25) is 5.91 Å². The molecular weight excluding hydrogens is 474 g/mol. The van der Waals surface area contributed by atoms with E-state index in [1.807, 2.05) is 19.9 Å². The highest BCUT2D eigenvalue weighted by Gasteiger charge is 2.48. The summed E-state index contributed by atoms with van der Waals surface area (Å²) in [4.78, 5) is 46.1. The van der Waals surface area contributed by atoms with E-state index in [-0.39, 0.29) is 42.3 Å². The lowest BCUT2D eigenvalue weighted by atomic mass is 9.93. The van der Waals surface area contributed by atoms with Gasteiger partial charge in [0.05, 0.1) is 26.6 Å². The molecule has 1 aliphatic carbocycles. The molecule has 2 aromatic rings. The first-order chi connectivity index (χ1) is 17.8. The standard InChI is InChI=1S/C27H37N5O5/c1-5-13-32-25(34)23-22(24(33)28-15-18-11-12-20(37-6-2)21(14-18)36-4)29-17-31(23)16-27(32,3)26(35)30-19-9-7-8-10-19/h11-12,14,17,19H,5-10,13,15-16H2,1-4H3,(H,28,33)(H,30,35)/t27-/m0/s1. The second-order valence-electron chi connectivity index (χ2n) is 9.86. The van der Waals surface area contributed by atoms with Crippen molar-refractivity contribution in [2.75, 3.05) is 20.3 Å². The van der Waals surface area contributed by atoms with E-state index in [9.17, 15) is 14.4 Å². The molecule has 37 heavy (non-hydrogen) atoms. The Kier molecular flexibility index (Phi) is 8.04. The first kappa shape index (κ1) is 26.5. The molecule has 0 saturated heterocycles. The maximum Gasteiger partial charge on any atom is 0.273 e. The van der Waals surface area contributed by atoms with Crippen molar-refractivity contribution >= 4 is 17.7 Å². The zero-order valence-electron chi connectivity index (χ0n) is 22.1. The Morgan fingerprint density at radius 2 is 1.95 bits per heavy atom. The molecule has 1 aliphatic heterocycles. The first-order valence-electron chi connectivity index (χ1n) is 13.1. The average molecular weight is 512 g/mol. The van der Waals surface area contributed by atoms with E-state index in [2.05, 4.69) is 15.6 Å². The smallest absolute Gasteiger partial charge is 0.273 e. The molecule has 10 heteroatoms. The maximum atomic E-state index is 13.7. The number of methoxy groups -OCH3 is 1. The van der Waals surface area contributed by atoms with Crippen molar-refractivity contribution in [2.45, 2.75) is 77.5 Å². The number of carbonyl (C=O) groups excluding carboxylic acids is 3. The molecule has 10 nitrogen and oxygen atoms in total. The number of carbonyl (C=O) groups is 3. The van der Waals surface area contributed by atoms with Gasteiger partial charge in [-0.05, 0) is 50.8 Å². The van der Waals surface area contributed by atoms with E-state index in [0.717, 1.165) is 31.2 Å². The van der Waals surface area contributed by atoms with Gasteiger partial charge in [0.1, 0.15) is 11.2 Å². The number of hydrogen-bond acceptors (Lipinski definition) is 6. The van der Waals surface area contributed by atoms with E-state index in [1.54, 1.807) is 35.6 Å². The van der Waals surface area contributed by atoms with Crippen molar-refractivity contribution in [3.63, 3.8) is 0 Å². The number of fused-ring (bicyclic) bond motifs is 1. The summed E-state index contributed by atoms with van der Waals surface area (Å²) in [6, 6.07) is 5.59. The largest absolute Gasteiger partial charge is 0.493 e. The molecule has 2 N–H and O–H groups in total. The molecule has 200 valence electrons. The van der Waals surface area contributed by atoms with E-state index in [4.69, 9.17) is 9.47 Å². The highest BCUT2D eigenvalue weighted by Crippen LogP contribution is 2.31. The number of nitrogens with zero attached hydrogens (tertiary/aromatic N) is 3. The molecule has 1 aromatic heterocycles. The van der Waals surface area contributed by atoms with Crippen LogP contribution in [0.4, 0.5) is 0 Å². The van der Waals surface area contributed by atoms with Crippen LogP contribution in [0.1, 0.15) is 79.4 Å². The number of ether oxygens (including phenoxy) is 2. The van der Waals surface area contributed by atoms with Gasteiger partial charge in [-0.25, -0.2) is 4.98 Å². The van der Waals surface area contributed by atoms with Crippen LogP contribution < -0.4 is 20.1 Å². The predicted molar refractivity (Wildman–Crippen MR) is 138 cm³/mol. The molecule has 2 aliphatic rings. The van der Waals surface area contributed by atoms with Gasteiger partial charge in [-0.15, -0.1) is 0 Å². The van der Waals surface area contributed by atoms with E-state index in [0.29, 0.717) is 31.1 Å². The Morgan fingerprint density at radius 3 is 2.62 bits per heavy atom. The van der Waals surface area contributed by atoms with Gasteiger partial charge < -0.3 is 29.6 Å². The van der Waals surface area contributed by atoms with Gasteiger partial charge in [-0.3, -0.25) is 14.4 Å². The van der Waals surface area contributed by atoms with Crippen LogP contribution in [0.15, 0.2) is 24.5 Å². The Labute approximate surface area is 217 Å². The van der Waals surface area contributed by atoms with Crippen LogP contribution in [-0.4, -0.2) is 64.0 Å². The van der Waals surface area contributed by atoms with Crippen LogP contribution in [0.25, 0.3) is 0 Å². The molecule has 4 rings (SSSR count). The summed E-state index contributed by atoms with van der Waals surface area (Å²) in [5, 5.41) is 6.01. The molecule has 1 saturated carbocycles. The summed E-state index contributed by atoms with van der Waals surface area (Å²) >= 11 is 0. The molecule has 3 amide bonds. The van der Waals surface area contributed by atoms with Crippen molar-refractivity contribution < 1.29 is 23.9 Å². The fourth-order valence-corrected chi connectivity index (χ4v) is 5.20. The third kappa shape index (κ3) is 5.28. The zero-order chi connectivity index (χ0) is 26.6. The van der Waals surface area contributed by atoms with Gasteiger partial charge in [0.15, 0.2) is 17.2 Å². The minimum Gasteiger partial charge on any atom is -0.493 e. The summed E-state index contributed by atoms with van der Waals surface area (Å²) in [5.74, 6) is 0.238. The molecule has 1 fully saturated rings. The van der Waals surface area contributed by atoms with Crippen LogP contribution in [0.3, 0.4) is 0 Å². The molecule has 0 unspecified atom stereocenters. The van der Waals surface area contributed by atoms with Gasteiger partial charge >= 0.3 is 0 Å². The van der Waals surface area contributed by atoms with Gasteiger partial charge in [-0.1, -0.05) is 25.8 Å². The fourth-order valence-electron chi connectivity index (χ4n) is 5.20. The van der Waals surface area contributed by atoms with E-state index < -0.39 is 11.4 Å². The molecule has 0 spiro atoms. The number of imidazole rings is 1. The molecule has 0 radical (unpaired) electrons. The number of benzene rings is 1. The highest BCUT2D eigenvalue weighted by atomic mass is 16.5. The van der Waals surface area contributed by atoms with Crippen molar-refractivity contribution in [2.24, 2.45) is 0 Å². The summed E-state index contributed by atoms with van der Waals surface area (Å²) in [5.41, 5.74) is 0.0242. The predicted octanol–water partition coefficient (Wildman–Crippen LogP) is 2.90. The van der Waals surface area contributed by atoms with Gasteiger partial charge in [-0.2, -0.15) is 0 Å². The third-order valence-corrected chi connectivity index (χ3v) is 7.18. The fraction of sp³-hybridized carbons (Fsp3) is 0.556. The lowest BCUT2D eigenvalue weighted by Crippen LogP contribution is -2.65. The average Bonchev–Trinajstić information content (AvgIpc) is 3.56. The highest BCUT2D eigenvalue weighted by molar-refractivity contribution is 6.07. The van der Waals surface area contributed by atoms with Crippen LogP contribution in [0.5, 0.6) is 11.5 Å². The molecule has 2 heterocycles. The number of nitrogens with one attached hydrogen (secondary N) is 2. The summed E-state index contributed by atoms with van der Waals surface area (Å²) in [6.45, 7) is 7.05. The number of aromatic nitrogens is 2. The normalized spacial score (nSPS) is 19.5. The van der Waals surface area contributed by atoms with Gasteiger partial charge in [0.25, 0.3) is 11.8 Å². The van der Waals surface area contributed by atoms with Crippen molar-refractivity contribution in [3.05, 3.63) is 41.5 Å². The number of hydrogen-bond donors (Lipinski definition) is 2. The summed E-state index contributed by atoms with van der Waals surface area (Å²) in [7, 11) is 1.56. The van der Waals surface area contributed by atoms with E-state index >= 15 is 0 Å². The Bertz CT molecular complexity index is 1160. The Balaban J connectivity index is 1.52. The number of amides is 3. The first-order valence-corrected chi connectivity index (χ1v) is 13.1. The third-order valence-electron chi connectivity index (χ3n) is 7.18. The zero-order valence-corrected chi connectivity index (χ0v) is 22.1. The monoisotopic (exact) mass is 511 g/mol. The molecule has 0 bridgehead atoms. The molecule has 1 aromatic carbocycles. The van der Waals surface area contributed by atoms with Crippen molar-refractivity contribution in [1.29, 1.82) is 0 Å². The topological polar surface area (TPSA) is 115 Å². The lowest BCUT2D eigenvalue weighted by molar-refractivity contribution is -0.133. The minimum absolute atomic E-state index is 0.0576. The van der Waals surface area contributed by atoms with E-state index in [1.165, 1.54) is 6.33 Å². The van der Waals surface area contributed by atoms with Crippen LogP contribution in [-0.2, 0) is 17.9 Å². The summed E-state index contributed by atoms with van der Waals surface area (Å²) < 4.78 is 12.6. The van der Waals surface area contributed by atoms with Crippen LogP contribution in [0, 0.1) is 0 Å². The SMILES string of the molecule is CCCN1C(=O)c2c(C(=O)NCc3ccc(OCC)c(OC)c3)ncn2C[C@@]1(C)C(=O)NC1CCCC1. The Hall–Kier alpha value is -3.56. The minimum atomic E-state index is -1.06. The van der Waals surface area contributed by atoms with Crippen molar-refractivity contribution in [3.8, 4) is 11.5 Å². The van der Waals surface area contributed by atoms with Gasteiger partial charge in [0, 0.05) is 19.1 Å².